The number of hydrogen-bond donors (Lipinski definition) is 2. The highest BCUT2D eigenvalue weighted by atomic mass is 19.2. The van der Waals surface area contributed by atoms with E-state index in [4.69, 9.17) is 0 Å². The Labute approximate surface area is 180 Å². The van der Waals surface area contributed by atoms with Crippen molar-refractivity contribution in [3.8, 4) is 0 Å². The molecule has 2 aromatic carbocycles. The highest BCUT2D eigenvalue weighted by Gasteiger charge is 2.40. The minimum Gasteiger partial charge on any atom is -0.345 e. The molecule has 4 rings (SSSR count). The van der Waals surface area contributed by atoms with Crippen LogP contribution >= 0.6 is 0 Å². The van der Waals surface area contributed by atoms with E-state index < -0.39 is 53.2 Å². The minimum absolute atomic E-state index is 0.0205. The van der Waals surface area contributed by atoms with Crippen molar-refractivity contribution < 1.29 is 32.3 Å². The van der Waals surface area contributed by atoms with Crippen LogP contribution in [0, 0.1) is 17.5 Å². The molecule has 2 heterocycles. The van der Waals surface area contributed by atoms with E-state index in [0.717, 1.165) is 18.2 Å². The van der Waals surface area contributed by atoms with Crippen LogP contribution in [0.4, 0.5) is 13.2 Å². The zero-order valence-electron chi connectivity index (χ0n) is 16.9. The molecule has 0 saturated carbocycles. The minimum atomic E-state index is -1.07. The Bertz CT molecular complexity index is 1170. The molecular formula is C22H18F3N3O4. The van der Waals surface area contributed by atoms with E-state index in [1.165, 1.54) is 24.0 Å². The predicted molar refractivity (Wildman–Crippen MR) is 105 cm³/mol. The smallest absolute Gasteiger partial charge is 0.255 e. The Morgan fingerprint density at radius 1 is 1.12 bits per heavy atom. The lowest BCUT2D eigenvalue weighted by Crippen LogP contribution is -2.52. The second-order valence-electron chi connectivity index (χ2n) is 7.72. The van der Waals surface area contributed by atoms with Gasteiger partial charge in [0.05, 0.1) is 18.2 Å². The molecule has 2 aliphatic rings. The van der Waals surface area contributed by atoms with E-state index in [0.29, 0.717) is 0 Å². The summed E-state index contributed by atoms with van der Waals surface area (Å²) in [5.74, 6) is -5.41. The van der Waals surface area contributed by atoms with Crippen molar-refractivity contribution in [2.75, 3.05) is 0 Å². The first-order valence-corrected chi connectivity index (χ1v) is 9.89. The molecule has 10 heteroatoms. The molecule has 1 unspecified atom stereocenters. The summed E-state index contributed by atoms with van der Waals surface area (Å²) in [7, 11) is 0. The number of imide groups is 1. The number of hydrogen-bond acceptors (Lipinski definition) is 4. The van der Waals surface area contributed by atoms with Gasteiger partial charge in [0.1, 0.15) is 11.9 Å². The highest BCUT2D eigenvalue weighted by Crippen LogP contribution is 2.31. The van der Waals surface area contributed by atoms with Gasteiger partial charge in [0.2, 0.25) is 11.8 Å². The van der Waals surface area contributed by atoms with Crippen LogP contribution in [0.25, 0.3) is 0 Å². The summed E-state index contributed by atoms with van der Waals surface area (Å²) in [6, 6.07) is 3.99. The monoisotopic (exact) mass is 445 g/mol. The average Bonchev–Trinajstić information content (AvgIpc) is 3.07. The molecule has 0 aromatic heterocycles. The van der Waals surface area contributed by atoms with Gasteiger partial charge in [0.15, 0.2) is 11.6 Å². The van der Waals surface area contributed by atoms with Crippen LogP contribution in [-0.2, 0) is 16.1 Å². The lowest BCUT2D eigenvalue weighted by molar-refractivity contribution is -0.136. The number of rotatable bonds is 4. The number of piperidine rings is 1. The number of amides is 4. The van der Waals surface area contributed by atoms with Gasteiger partial charge in [-0.3, -0.25) is 24.5 Å². The first-order valence-electron chi connectivity index (χ1n) is 9.89. The third kappa shape index (κ3) is 3.72. The second-order valence-corrected chi connectivity index (χ2v) is 7.72. The van der Waals surface area contributed by atoms with Gasteiger partial charge in [-0.05, 0) is 43.2 Å². The van der Waals surface area contributed by atoms with Gasteiger partial charge < -0.3 is 10.2 Å². The first kappa shape index (κ1) is 21.5. The summed E-state index contributed by atoms with van der Waals surface area (Å²) in [5.41, 5.74) is -0.0145. The molecule has 0 bridgehead atoms. The highest BCUT2D eigenvalue weighted by molar-refractivity contribution is 6.06. The lowest BCUT2D eigenvalue weighted by atomic mass is 10.0. The van der Waals surface area contributed by atoms with Crippen molar-refractivity contribution in [1.29, 1.82) is 0 Å². The Hall–Kier alpha value is -3.69. The van der Waals surface area contributed by atoms with E-state index >= 15 is 4.39 Å². The molecule has 0 aliphatic carbocycles. The van der Waals surface area contributed by atoms with Crippen molar-refractivity contribution in [2.45, 2.75) is 38.4 Å². The second kappa shape index (κ2) is 8.10. The molecule has 166 valence electrons. The van der Waals surface area contributed by atoms with Gasteiger partial charge in [-0.25, -0.2) is 13.2 Å². The molecule has 0 spiro atoms. The van der Waals surface area contributed by atoms with Crippen LogP contribution in [-0.4, -0.2) is 34.6 Å². The number of carbonyl (C=O) groups is 4. The van der Waals surface area contributed by atoms with E-state index in [2.05, 4.69) is 10.6 Å². The van der Waals surface area contributed by atoms with E-state index in [1.807, 2.05) is 0 Å². The maximum Gasteiger partial charge on any atom is 0.255 e. The largest absolute Gasteiger partial charge is 0.345 e. The van der Waals surface area contributed by atoms with E-state index in [1.54, 1.807) is 0 Å². The maximum absolute atomic E-state index is 15.2. The molecule has 2 N–H and O–H groups in total. The van der Waals surface area contributed by atoms with Crippen LogP contribution < -0.4 is 10.6 Å². The summed E-state index contributed by atoms with van der Waals surface area (Å²) in [5, 5.41) is 4.68. The van der Waals surface area contributed by atoms with Crippen LogP contribution in [0.15, 0.2) is 30.3 Å². The zero-order chi connectivity index (χ0) is 23.2. The Morgan fingerprint density at radius 2 is 1.88 bits per heavy atom. The summed E-state index contributed by atoms with van der Waals surface area (Å²) < 4.78 is 41.7. The van der Waals surface area contributed by atoms with Crippen molar-refractivity contribution in [2.24, 2.45) is 0 Å². The Balaban J connectivity index is 1.54. The number of benzene rings is 2. The topological polar surface area (TPSA) is 95.6 Å². The third-order valence-corrected chi connectivity index (χ3v) is 5.69. The van der Waals surface area contributed by atoms with Crippen LogP contribution in [0.1, 0.15) is 57.7 Å². The number of nitrogens with zero attached hydrogens (tertiary/aromatic N) is 1. The third-order valence-electron chi connectivity index (χ3n) is 5.69. The molecule has 1 saturated heterocycles. The zero-order valence-corrected chi connectivity index (χ0v) is 16.9. The molecular weight excluding hydrogens is 427 g/mol. The average molecular weight is 445 g/mol. The van der Waals surface area contributed by atoms with E-state index in [-0.39, 0.29) is 41.6 Å². The van der Waals surface area contributed by atoms with Crippen molar-refractivity contribution >= 4 is 23.6 Å². The SMILES string of the molecule is C[C@H](NC(=O)c1ccc2c(c1F)CN(C1CCC(=O)NC1=O)C2=O)c1ccc(F)c(F)c1. The first-order chi connectivity index (χ1) is 15.2. The lowest BCUT2D eigenvalue weighted by Gasteiger charge is -2.29. The normalized spacial score (nSPS) is 18.9. The molecule has 7 nitrogen and oxygen atoms in total. The summed E-state index contributed by atoms with van der Waals surface area (Å²) >= 11 is 0. The van der Waals surface area contributed by atoms with Crippen molar-refractivity contribution in [1.82, 2.24) is 15.5 Å². The standard InChI is InChI=1S/C22H18F3N3O4/c1-10(11-2-5-15(23)16(24)8-11)26-20(30)13-4-3-12-14(19(13)25)9-28(22(12)32)17-6-7-18(29)27-21(17)31/h2-5,8,10,17H,6-7,9H2,1H3,(H,26,30)(H,27,29,31)/t10-,17?/m0/s1. The fraction of sp³-hybridized carbons (Fsp3) is 0.273. The molecule has 32 heavy (non-hydrogen) atoms. The van der Waals surface area contributed by atoms with Crippen LogP contribution in [0.3, 0.4) is 0 Å². The maximum atomic E-state index is 15.2. The summed E-state index contributed by atoms with van der Waals surface area (Å²) in [6.45, 7) is 1.32. The van der Waals surface area contributed by atoms with Gasteiger partial charge in [-0.15, -0.1) is 0 Å². The van der Waals surface area contributed by atoms with Gasteiger partial charge in [0.25, 0.3) is 11.8 Å². The number of carbonyl (C=O) groups excluding carboxylic acids is 4. The molecule has 2 aromatic rings. The quantitative estimate of drug-likeness (QED) is 0.707. The molecule has 1 fully saturated rings. The van der Waals surface area contributed by atoms with Gasteiger partial charge in [-0.1, -0.05) is 6.07 Å². The van der Waals surface area contributed by atoms with Crippen LogP contribution in [0.5, 0.6) is 0 Å². The Morgan fingerprint density at radius 3 is 2.56 bits per heavy atom. The predicted octanol–water partition coefficient (Wildman–Crippen LogP) is 2.36. The number of halogens is 3. The molecule has 2 atom stereocenters. The molecule has 2 aliphatic heterocycles. The summed E-state index contributed by atoms with van der Waals surface area (Å²) in [6.07, 6.45) is 0.194. The molecule has 4 amide bonds. The number of nitrogens with one attached hydrogen (secondary N) is 2. The fourth-order valence-electron chi connectivity index (χ4n) is 3.92. The molecule has 0 radical (unpaired) electrons. The fourth-order valence-corrected chi connectivity index (χ4v) is 3.92. The van der Waals surface area contributed by atoms with Crippen LogP contribution in [0.2, 0.25) is 0 Å². The number of fused-ring (bicyclic) bond motifs is 1. The van der Waals surface area contributed by atoms with Crippen molar-refractivity contribution in [3.63, 3.8) is 0 Å². The van der Waals surface area contributed by atoms with Crippen molar-refractivity contribution in [3.05, 3.63) is 70.0 Å². The van der Waals surface area contributed by atoms with Gasteiger partial charge in [-0.2, -0.15) is 0 Å². The Kier molecular flexibility index (Phi) is 5.45. The summed E-state index contributed by atoms with van der Waals surface area (Å²) in [4.78, 5) is 50.0. The van der Waals surface area contributed by atoms with Gasteiger partial charge >= 0.3 is 0 Å². The van der Waals surface area contributed by atoms with Gasteiger partial charge in [0, 0.05) is 17.5 Å². The van der Waals surface area contributed by atoms with E-state index in [9.17, 15) is 28.0 Å².